The topological polar surface area (TPSA) is 74.8 Å². The smallest absolute Gasteiger partial charge is 0.240 e. The van der Waals surface area contributed by atoms with Gasteiger partial charge < -0.3 is 0 Å². The molecular formula is C13H16ClN3O2S. The molecule has 2 aromatic rings. The number of sulfonamides is 1. The molecule has 5 nitrogen and oxygen atoms in total. The second kappa shape index (κ2) is 5.95. The van der Waals surface area contributed by atoms with Gasteiger partial charge in [0.15, 0.2) is 0 Å². The van der Waals surface area contributed by atoms with Crippen molar-refractivity contribution in [2.24, 2.45) is 0 Å². The number of nitrogens with zero attached hydrogens (tertiary/aromatic N) is 1. The third-order valence-electron chi connectivity index (χ3n) is 3.07. The van der Waals surface area contributed by atoms with Crippen LogP contribution in [0.25, 0.3) is 0 Å². The monoisotopic (exact) mass is 313 g/mol. The summed E-state index contributed by atoms with van der Waals surface area (Å²) in [6.07, 6.45) is 0.598. The van der Waals surface area contributed by atoms with Crippen LogP contribution in [-0.4, -0.2) is 25.2 Å². The van der Waals surface area contributed by atoms with Crippen molar-refractivity contribution in [3.05, 3.63) is 46.2 Å². The summed E-state index contributed by atoms with van der Waals surface area (Å²) in [5.41, 5.74) is 2.91. The fraction of sp³-hybridized carbons (Fsp3) is 0.308. The number of rotatable bonds is 5. The fourth-order valence-corrected chi connectivity index (χ4v) is 3.11. The lowest BCUT2D eigenvalue weighted by atomic mass is 10.1. The first-order valence-electron chi connectivity index (χ1n) is 6.16. The summed E-state index contributed by atoms with van der Waals surface area (Å²) in [6, 6.07) is 6.08. The van der Waals surface area contributed by atoms with Gasteiger partial charge in [-0.25, -0.2) is 13.1 Å². The van der Waals surface area contributed by atoms with Crippen molar-refractivity contribution in [1.82, 2.24) is 14.9 Å². The molecule has 1 aromatic heterocycles. The van der Waals surface area contributed by atoms with Crippen molar-refractivity contribution in [1.29, 1.82) is 0 Å². The van der Waals surface area contributed by atoms with Gasteiger partial charge in [0.25, 0.3) is 0 Å². The number of H-pyrrole nitrogens is 1. The molecule has 0 aliphatic heterocycles. The molecule has 0 saturated heterocycles. The zero-order valence-corrected chi connectivity index (χ0v) is 12.8. The Morgan fingerprint density at radius 2 is 1.90 bits per heavy atom. The molecule has 0 amide bonds. The number of aromatic amines is 1. The molecule has 0 aliphatic rings. The second-order valence-electron chi connectivity index (χ2n) is 4.51. The van der Waals surface area contributed by atoms with Gasteiger partial charge in [-0.15, -0.1) is 0 Å². The summed E-state index contributed by atoms with van der Waals surface area (Å²) in [5.74, 6) is 0. The van der Waals surface area contributed by atoms with E-state index in [1.807, 2.05) is 13.8 Å². The summed E-state index contributed by atoms with van der Waals surface area (Å²) in [4.78, 5) is 0.211. The van der Waals surface area contributed by atoms with Gasteiger partial charge in [-0.2, -0.15) is 5.10 Å². The van der Waals surface area contributed by atoms with Gasteiger partial charge in [0.05, 0.1) is 10.6 Å². The van der Waals surface area contributed by atoms with E-state index in [1.165, 1.54) is 12.1 Å². The Labute approximate surface area is 123 Å². The molecule has 0 radical (unpaired) electrons. The molecule has 1 heterocycles. The van der Waals surface area contributed by atoms with Crippen molar-refractivity contribution in [2.75, 3.05) is 6.54 Å². The lowest BCUT2D eigenvalue weighted by Gasteiger charge is -2.07. The van der Waals surface area contributed by atoms with Crippen molar-refractivity contribution in [2.45, 2.75) is 25.2 Å². The first kappa shape index (κ1) is 15.0. The Morgan fingerprint density at radius 3 is 2.45 bits per heavy atom. The molecule has 20 heavy (non-hydrogen) atoms. The minimum absolute atomic E-state index is 0.211. The van der Waals surface area contributed by atoms with Crippen LogP contribution in [0.3, 0.4) is 0 Å². The van der Waals surface area contributed by atoms with E-state index in [-0.39, 0.29) is 4.90 Å². The van der Waals surface area contributed by atoms with Gasteiger partial charge >= 0.3 is 0 Å². The van der Waals surface area contributed by atoms with Crippen LogP contribution >= 0.6 is 11.6 Å². The molecule has 2 rings (SSSR count). The summed E-state index contributed by atoms with van der Waals surface area (Å²) in [6.45, 7) is 4.14. The van der Waals surface area contributed by atoms with E-state index in [0.717, 1.165) is 17.0 Å². The second-order valence-corrected chi connectivity index (χ2v) is 6.72. The van der Waals surface area contributed by atoms with E-state index >= 15 is 0 Å². The zero-order chi connectivity index (χ0) is 14.8. The van der Waals surface area contributed by atoms with Crippen molar-refractivity contribution < 1.29 is 8.42 Å². The van der Waals surface area contributed by atoms with Crippen molar-refractivity contribution in [3.63, 3.8) is 0 Å². The Bertz CT molecular complexity index is 673. The van der Waals surface area contributed by atoms with E-state index in [1.54, 1.807) is 12.1 Å². The standard InChI is InChI=1S/C13H16ClN3O2S/c1-9-13(10(2)17-16-9)7-8-15-20(18,19)12-5-3-11(14)4-6-12/h3-6,15H,7-8H2,1-2H3,(H,16,17). The number of hydrogen-bond donors (Lipinski definition) is 2. The Hall–Kier alpha value is -1.37. The van der Waals surface area contributed by atoms with E-state index < -0.39 is 10.0 Å². The minimum Gasteiger partial charge on any atom is -0.282 e. The highest BCUT2D eigenvalue weighted by Gasteiger charge is 2.14. The third kappa shape index (κ3) is 3.39. The van der Waals surface area contributed by atoms with Gasteiger partial charge in [-0.05, 0) is 50.1 Å². The molecule has 0 bridgehead atoms. The summed E-state index contributed by atoms with van der Waals surface area (Å²) < 4.78 is 26.7. The Morgan fingerprint density at radius 1 is 1.25 bits per heavy atom. The Kier molecular flexibility index (Phi) is 4.47. The first-order chi connectivity index (χ1) is 9.40. The molecule has 0 saturated carbocycles. The van der Waals surface area contributed by atoms with Crippen LogP contribution in [0.4, 0.5) is 0 Å². The van der Waals surface area contributed by atoms with Crippen LogP contribution in [-0.2, 0) is 16.4 Å². The highest BCUT2D eigenvalue weighted by atomic mass is 35.5. The van der Waals surface area contributed by atoms with Crippen LogP contribution in [0.1, 0.15) is 17.0 Å². The molecule has 0 spiro atoms. The number of halogens is 1. The average Bonchev–Trinajstić information content (AvgIpc) is 2.71. The van der Waals surface area contributed by atoms with Crippen molar-refractivity contribution >= 4 is 21.6 Å². The van der Waals surface area contributed by atoms with Gasteiger partial charge in [0.2, 0.25) is 10.0 Å². The first-order valence-corrected chi connectivity index (χ1v) is 8.02. The van der Waals surface area contributed by atoms with Crippen molar-refractivity contribution in [3.8, 4) is 0 Å². The number of benzene rings is 1. The number of nitrogens with one attached hydrogen (secondary N) is 2. The van der Waals surface area contributed by atoms with Gasteiger partial charge in [0, 0.05) is 17.3 Å². The molecule has 7 heteroatoms. The van der Waals surface area contributed by atoms with Gasteiger partial charge in [-0.3, -0.25) is 5.10 Å². The maximum Gasteiger partial charge on any atom is 0.240 e. The van der Waals surface area contributed by atoms with Crippen LogP contribution in [0.15, 0.2) is 29.2 Å². The van der Waals surface area contributed by atoms with E-state index in [9.17, 15) is 8.42 Å². The zero-order valence-electron chi connectivity index (χ0n) is 11.3. The molecular weight excluding hydrogens is 298 g/mol. The number of aryl methyl sites for hydroxylation is 2. The highest BCUT2D eigenvalue weighted by molar-refractivity contribution is 7.89. The largest absolute Gasteiger partial charge is 0.282 e. The van der Waals surface area contributed by atoms with Crippen LogP contribution in [0.2, 0.25) is 5.02 Å². The van der Waals surface area contributed by atoms with Crippen LogP contribution < -0.4 is 4.72 Å². The molecule has 2 N–H and O–H groups in total. The maximum atomic E-state index is 12.1. The van der Waals surface area contributed by atoms with E-state index in [0.29, 0.717) is 18.0 Å². The Balaban J connectivity index is 2.01. The number of aromatic nitrogens is 2. The summed E-state index contributed by atoms with van der Waals surface area (Å²) >= 11 is 5.74. The normalized spacial score (nSPS) is 11.8. The highest BCUT2D eigenvalue weighted by Crippen LogP contribution is 2.14. The van der Waals surface area contributed by atoms with E-state index in [4.69, 9.17) is 11.6 Å². The van der Waals surface area contributed by atoms with E-state index in [2.05, 4.69) is 14.9 Å². The molecule has 108 valence electrons. The third-order valence-corrected chi connectivity index (χ3v) is 4.80. The SMILES string of the molecule is Cc1n[nH]c(C)c1CCNS(=O)(=O)c1ccc(Cl)cc1. The lowest BCUT2D eigenvalue weighted by molar-refractivity contribution is 0.581. The summed E-state index contributed by atoms with van der Waals surface area (Å²) in [5, 5.41) is 7.47. The number of hydrogen-bond acceptors (Lipinski definition) is 3. The quantitative estimate of drug-likeness (QED) is 0.888. The van der Waals surface area contributed by atoms with Gasteiger partial charge in [-0.1, -0.05) is 11.6 Å². The maximum absolute atomic E-state index is 12.1. The summed E-state index contributed by atoms with van der Waals surface area (Å²) in [7, 11) is -3.50. The van der Waals surface area contributed by atoms with Crippen LogP contribution in [0, 0.1) is 13.8 Å². The molecule has 1 aromatic carbocycles. The average molecular weight is 314 g/mol. The molecule has 0 fully saturated rings. The van der Waals surface area contributed by atoms with Gasteiger partial charge in [0.1, 0.15) is 0 Å². The molecule has 0 unspecified atom stereocenters. The minimum atomic E-state index is -3.50. The fourth-order valence-electron chi connectivity index (χ4n) is 1.95. The molecule has 0 aliphatic carbocycles. The molecule has 0 atom stereocenters. The van der Waals surface area contributed by atoms with Crippen LogP contribution in [0.5, 0.6) is 0 Å². The predicted octanol–water partition coefficient (Wildman–Crippen LogP) is 2.20. The predicted molar refractivity (Wildman–Crippen MR) is 78.4 cm³/mol. The lowest BCUT2D eigenvalue weighted by Crippen LogP contribution is -2.26.